The molecule has 0 aliphatic rings. The third-order valence-corrected chi connectivity index (χ3v) is 3.18. The molecule has 0 bridgehead atoms. The van der Waals surface area contributed by atoms with Crippen molar-refractivity contribution in [3.63, 3.8) is 0 Å². The first-order chi connectivity index (χ1) is 12.1. The van der Waals surface area contributed by atoms with Crippen LogP contribution in [0.5, 0.6) is 5.75 Å². The van der Waals surface area contributed by atoms with E-state index in [0.717, 1.165) is 5.56 Å². The molecule has 0 spiro atoms. The lowest BCUT2D eigenvalue weighted by molar-refractivity contribution is -0.146. The van der Waals surface area contributed by atoms with E-state index >= 15 is 0 Å². The molecular weight excluding hydrogens is 322 g/mol. The van der Waals surface area contributed by atoms with Gasteiger partial charge in [-0.15, -0.1) is 0 Å². The van der Waals surface area contributed by atoms with Crippen molar-refractivity contribution in [2.45, 2.75) is 13.5 Å². The van der Waals surface area contributed by atoms with Gasteiger partial charge < -0.3 is 14.2 Å². The molecule has 0 saturated heterocycles. The summed E-state index contributed by atoms with van der Waals surface area (Å²) in [4.78, 5) is 23.2. The number of hydrogen-bond donors (Lipinski definition) is 0. The van der Waals surface area contributed by atoms with Gasteiger partial charge in [0, 0.05) is 0 Å². The lowest BCUT2D eigenvalue weighted by Crippen LogP contribution is -2.16. The Morgan fingerprint density at radius 2 is 1.84 bits per heavy atom. The molecule has 25 heavy (non-hydrogen) atoms. The molecule has 0 aliphatic heterocycles. The Morgan fingerprint density at radius 1 is 1.08 bits per heavy atom. The summed E-state index contributed by atoms with van der Waals surface area (Å²) < 4.78 is 15.2. The molecule has 0 unspecified atom stereocenters. The van der Waals surface area contributed by atoms with E-state index in [0.29, 0.717) is 16.9 Å². The molecule has 0 aromatic heterocycles. The molecule has 0 fully saturated rings. The molecule has 0 saturated carbocycles. The fraction of sp³-hybridized carbons (Fsp3) is 0.211. The number of benzene rings is 2. The van der Waals surface area contributed by atoms with E-state index in [1.807, 2.05) is 12.1 Å². The highest BCUT2D eigenvalue weighted by atomic mass is 16.6. The Labute approximate surface area is 145 Å². The Bertz CT molecular complexity index is 777. The quantitative estimate of drug-likeness (QED) is 0.721. The molecular formula is C19H17NO5. The Morgan fingerprint density at radius 3 is 2.52 bits per heavy atom. The monoisotopic (exact) mass is 339 g/mol. The van der Waals surface area contributed by atoms with Crippen molar-refractivity contribution >= 4 is 11.9 Å². The highest BCUT2D eigenvalue weighted by Crippen LogP contribution is 2.15. The fourth-order valence-electron chi connectivity index (χ4n) is 1.99. The number of esters is 2. The van der Waals surface area contributed by atoms with Gasteiger partial charge in [0.1, 0.15) is 12.4 Å². The lowest BCUT2D eigenvalue weighted by Gasteiger charge is -2.08. The Hall–Kier alpha value is -3.33. The van der Waals surface area contributed by atoms with Crippen LogP contribution in [0.25, 0.3) is 0 Å². The van der Waals surface area contributed by atoms with Crippen molar-refractivity contribution in [1.82, 2.24) is 0 Å². The molecule has 128 valence electrons. The second-order valence-corrected chi connectivity index (χ2v) is 5.01. The van der Waals surface area contributed by atoms with Crippen molar-refractivity contribution in [2.75, 3.05) is 13.2 Å². The summed E-state index contributed by atoms with van der Waals surface area (Å²) in [5.74, 6) is -0.571. The van der Waals surface area contributed by atoms with E-state index in [-0.39, 0.29) is 13.2 Å². The van der Waals surface area contributed by atoms with Crippen molar-refractivity contribution in [3.8, 4) is 11.8 Å². The average molecular weight is 339 g/mol. The van der Waals surface area contributed by atoms with Gasteiger partial charge in [-0.1, -0.05) is 12.1 Å². The Balaban J connectivity index is 1.92. The third kappa shape index (κ3) is 5.66. The van der Waals surface area contributed by atoms with E-state index in [9.17, 15) is 9.59 Å². The minimum atomic E-state index is -0.603. The number of carbonyl (C=O) groups is 2. The number of nitriles is 1. The Kier molecular flexibility index (Phi) is 6.55. The molecule has 2 aromatic carbocycles. The second-order valence-electron chi connectivity index (χ2n) is 5.01. The molecule has 2 rings (SSSR count). The van der Waals surface area contributed by atoms with Gasteiger partial charge in [-0.2, -0.15) is 5.26 Å². The predicted molar refractivity (Wildman–Crippen MR) is 88.8 cm³/mol. The van der Waals surface area contributed by atoms with Crippen LogP contribution in [0, 0.1) is 11.3 Å². The first-order valence-corrected chi connectivity index (χ1v) is 7.67. The normalized spacial score (nSPS) is 9.76. The van der Waals surface area contributed by atoms with Crippen LogP contribution < -0.4 is 4.74 Å². The number of rotatable bonds is 7. The van der Waals surface area contributed by atoms with Gasteiger partial charge in [0.05, 0.1) is 23.8 Å². The number of carbonyl (C=O) groups excluding carboxylic acids is 2. The highest BCUT2D eigenvalue weighted by molar-refractivity contribution is 5.90. The number of nitrogens with zero attached hydrogens (tertiary/aromatic N) is 1. The zero-order valence-electron chi connectivity index (χ0n) is 13.7. The van der Waals surface area contributed by atoms with Crippen LogP contribution in [-0.4, -0.2) is 25.2 Å². The predicted octanol–water partition coefficient (Wildman–Crippen LogP) is 2.86. The summed E-state index contributed by atoms with van der Waals surface area (Å²) in [6.45, 7) is 1.75. The van der Waals surface area contributed by atoms with E-state index in [1.165, 1.54) is 0 Å². The molecule has 0 atom stereocenters. The minimum absolute atomic E-state index is 0.235. The van der Waals surface area contributed by atoms with Gasteiger partial charge in [0.15, 0.2) is 6.61 Å². The number of hydrogen-bond acceptors (Lipinski definition) is 6. The van der Waals surface area contributed by atoms with Crippen molar-refractivity contribution in [2.24, 2.45) is 0 Å². The van der Waals surface area contributed by atoms with Crippen LogP contribution in [0.15, 0.2) is 48.5 Å². The fourth-order valence-corrected chi connectivity index (χ4v) is 1.99. The summed E-state index contributed by atoms with van der Waals surface area (Å²) in [7, 11) is 0. The smallest absolute Gasteiger partial charge is 0.344 e. The van der Waals surface area contributed by atoms with E-state index in [2.05, 4.69) is 0 Å². The highest BCUT2D eigenvalue weighted by Gasteiger charge is 2.11. The van der Waals surface area contributed by atoms with Crippen LogP contribution >= 0.6 is 0 Å². The minimum Gasteiger partial charge on any atom is -0.489 e. The molecule has 0 heterocycles. The summed E-state index contributed by atoms with van der Waals surface area (Å²) >= 11 is 0. The van der Waals surface area contributed by atoms with Crippen molar-refractivity contribution in [3.05, 3.63) is 65.2 Å². The van der Waals surface area contributed by atoms with Crippen LogP contribution in [-0.2, 0) is 20.9 Å². The van der Waals surface area contributed by atoms with Gasteiger partial charge in [-0.3, -0.25) is 0 Å². The maximum Gasteiger partial charge on any atom is 0.344 e. The van der Waals surface area contributed by atoms with Crippen molar-refractivity contribution in [1.29, 1.82) is 5.26 Å². The molecule has 0 amide bonds. The standard InChI is InChI=1S/C19H17NO5/c1-2-23-18(21)13-25-19(22)16-5-3-4-15(10-16)12-24-17-8-6-14(11-20)7-9-17/h3-10H,2,12-13H2,1H3. The summed E-state index contributed by atoms with van der Waals surface area (Å²) in [5.41, 5.74) is 1.65. The summed E-state index contributed by atoms with van der Waals surface area (Å²) in [5, 5.41) is 8.76. The van der Waals surface area contributed by atoms with Crippen LogP contribution in [0.1, 0.15) is 28.4 Å². The van der Waals surface area contributed by atoms with Crippen LogP contribution in [0.4, 0.5) is 0 Å². The SMILES string of the molecule is CCOC(=O)COC(=O)c1cccc(COc2ccc(C#N)cc2)c1. The molecule has 6 nitrogen and oxygen atoms in total. The maximum absolute atomic E-state index is 11.9. The van der Waals surface area contributed by atoms with Crippen molar-refractivity contribution < 1.29 is 23.8 Å². The molecule has 2 aromatic rings. The molecule has 0 aliphatic carbocycles. The van der Waals surface area contributed by atoms with Gasteiger partial charge >= 0.3 is 11.9 Å². The van der Waals surface area contributed by atoms with Gasteiger partial charge in [0.2, 0.25) is 0 Å². The molecule has 0 N–H and O–H groups in total. The molecule has 0 radical (unpaired) electrons. The van der Waals surface area contributed by atoms with E-state index in [4.69, 9.17) is 19.5 Å². The summed E-state index contributed by atoms with van der Waals surface area (Å²) in [6, 6.07) is 15.5. The zero-order chi connectivity index (χ0) is 18.1. The first-order valence-electron chi connectivity index (χ1n) is 7.67. The van der Waals surface area contributed by atoms with Crippen LogP contribution in [0.3, 0.4) is 0 Å². The third-order valence-electron chi connectivity index (χ3n) is 3.18. The first kappa shape index (κ1) is 18.0. The summed E-state index contributed by atoms with van der Waals surface area (Å²) in [6.07, 6.45) is 0. The van der Waals surface area contributed by atoms with Crippen LogP contribution in [0.2, 0.25) is 0 Å². The topological polar surface area (TPSA) is 85.6 Å². The second kappa shape index (κ2) is 9.08. The molecule has 6 heteroatoms. The van der Waals surface area contributed by atoms with E-state index in [1.54, 1.807) is 49.4 Å². The zero-order valence-corrected chi connectivity index (χ0v) is 13.7. The average Bonchev–Trinajstić information content (AvgIpc) is 2.65. The maximum atomic E-state index is 11.9. The lowest BCUT2D eigenvalue weighted by atomic mass is 10.1. The van der Waals surface area contributed by atoms with Gasteiger partial charge in [-0.05, 0) is 48.9 Å². The largest absolute Gasteiger partial charge is 0.489 e. The number of ether oxygens (including phenoxy) is 3. The van der Waals surface area contributed by atoms with Gasteiger partial charge in [-0.25, -0.2) is 9.59 Å². The van der Waals surface area contributed by atoms with E-state index < -0.39 is 18.5 Å². The van der Waals surface area contributed by atoms with Gasteiger partial charge in [0.25, 0.3) is 0 Å².